The maximum absolute atomic E-state index is 13.6. The summed E-state index contributed by atoms with van der Waals surface area (Å²) < 4.78 is 14.7. The second kappa shape index (κ2) is 6.36. The largest absolute Gasteiger partial charge is 0.326 e. The third kappa shape index (κ3) is 3.57. The van der Waals surface area contributed by atoms with Crippen LogP contribution in [0.2, 0.25) is 0 Å². The van der Waals surface area contributed by atoms with Crippen molar-refractivity contribution in [3.63, 3.8) is 0 Å². The van der Waals surface area contributed by atoms with Gasteiger partial charge in [-0.2, -0.15) is 0 Å². The molecule has 94 valence electrons. The lowest BCUT2D eigenvalue weighted by Crippen LogP contribution is -1.98. The highest BCUT2D eigenvalue weighted by molar-refractivity contribution is 9.10. The van der Waals surface area contributed by atoms with Crippen molar-refractivity contribution in [2.45, 2.75) is 17.2 Å². The Morgan fingerprint density at radius 2 is 1.83 bits per heavy atom. The first-order valence-corrected chi connectivity index (χ1v) is 7.32. The van der Waals surface area contributed by atoms with E-state index in [4.69, 9.17) is 5.73 Å². The molecule has 0 fully saturated rings. The summed E-state index contributed by atoms with van der Waals surface area (Å²) in [6.07, 6.45) is 0. The van der Waals surface area contributed by atoms with Crippen molar-refractivity contribution in [2.75, 3.05) is 0 Å². The van der Waals surface area contributed by atoms with Gasteiger partial charge in [-0.15, -0.1) is 11.8 Å². The van der Waals surface area contributed by atoms with E-state index >= 15 is 0 Å². The molecule has 0 saturated heterocycles. The summed E-state index contributed by atoms with van der Waals surface area (Å²) in [4.78, 5) is 1.12. The molecule has 0 radical (unpaired) electrons. The minimum Gasteiger partial charge on any atom is -0.326 e. The van der Waals surface area contributed by atoms with Crippen LogP contribution in [0.4, 0.5) is 4.39 Å². The van der Waals surface area contributed by atoms with Crippen LogP contribution in [0.15, 0.2) is 51.8 Å². The SMILES string of the molecule is NCc1ccc(F)c(CSc2ccc(Br)cc2)c1. The fourth-order valence-corrected chi connectivity index (χ4v) is 2.69. The maximum Gasteiger partial charge on any atom is 0.127 e. The molecule has 0 aliphatic carbocycles. The van der Waals surface area contributed by atoms with E-state index in [1.165, 1.54) is 6.07 Å². The van der Waals surface area contributed by atoms with Crippen LogP contribution in [0.1, 0.15) is 11.1 Å². The van der Waals surface area contributed by atoms with Crippen LogP contribution in [-0.2, 0) is 12.3 Å². The summed E-state index contributed by atoms with van der Waals surface area (Å²) in [5, 5.41) is 0. The molecule has 0 heterocycles. The average molecular weight is 326 g/mol. The Labute approximate surface area is 119 Å². The van der Waals surface area contributed by atoms with Gasteiger partial charge in [-0.25, -0.2) is 4.39 Å². The van der Waals surface area contributed by atoms with Gasteiger partial charge in [0.15, 0.2) is 0 Å². The van der Waals surface area contributed by atoms with E-state index in [1.54, 1.807) is 17.8 Å². The Kier molecular flexibility index (Phi) is 4.80. The molecular formula is C14H13BrFNS. The highest BCUT2D eigenvalue weighted by Crippen LogP contribution is 2.25. The molecule has 0 spiro atoms. The number of hydrogen-bond donors (Lipinski definition) is 1. The maximum atomic E-state index is 13.6. The van der Waals surface area contributed by atoms with E-state index < -0.39 is 0 Å². The zero-order valence-corrected chi connectivity index (χ0v) is 12.1. The lowest BCUT2D eigenvalue weighted by atomic mass is 10.1. The molecule has 1 nitrogen and oxygen atoms in total. The summed E-state index contributed by atoms with van der Waals surface area (Å²) in [5.41, 5.74) is 7.22. The van der Waals surface area contributed by atoms with Gasteiger partial charge >= 0.3 is 0 Å². The van der Waals surface area contributed by atoms with Crippen LogP contribution < -0.4 is 5.73 Å². The number of benzene rings is 2. The average Bonchev–Trinajstić information content (AvgIpc) is 2.40. The fourth-order valence-electron chi connectivity index (χ4n) is 1.56. The van der Waals surface area contributed by atoms with Crippen molar-refractivity contribution < 1.29 is 4.39 Å². The smallest absolute Gasteiger partial charge is 0.127 e. The zero-order chi connectivity index (χ0) is 13.0. The molecule has 0 unspecified atom stereocenters. The molecule has 0 atom stereocenters. The molecule has 4 heteroatoms. The molecule has 0 bridgehead atoms. The Morgan fingerprint density at radius 1 is 1.11 bits per heavy atom. The van der Waals surface area contributed by atoms with E-state index in [-0.39, 0.29) is 5.82 Å². The Bertz CT molecular complexity index is 528. The van der Waals surface area contributed by atoms with E-state index in [0.29, 0.717) is 17.9 Å². The van der Waals surface area contributed by atoms with E-state index in [9.17, 15) is 4.39 Å². The number of thioether (sulfide) groups is 1. The lowest BCUT2D eigenvalue weighted by Gasteiger charge is -2.06. The van der Waals surface area contributed by atoms with Crippen molar-refractivity contribution in [3.8, 4) is 0 Å². The van der Waals surface area contributed by atoms with Crippen LogP contribution >= 0.6 is 27.7 Å². The van der Waals surface area contributed by atoms with Gasteiger partial charge in [0.25, 0.3) is 0 Å². The molecular weight excluding hydrogens is 313 g/mol. The molecule has 0 aliphatic rings. The highest BCUT2D eigenvalue weighted by Gasteiger charge is 2.04. The molecule has 2 aromatic rings. The predicted molar refractivity (Wildman–Crippen MR) is 78.0 cm³/mol. The van der Waals surface area contributed by atoms with Crippen LogP contribution in [0.25, 0.3) is 0 Å². The zero-order valence-electron chi connectivity index (χ0n) is 9.70. The third-order valence-corrected chi connectivity index (χ3v) is 4.14. The molecule has 0 aliphatic heterocycles. The van der Waals surface area contributed by atoms with Gasteiger partial charge in [0.05, 0.1) is 0 Å². The standard InChI is InChI=1S/C14H13BrFNS/c15-12-2-4-13(5-3-12)18-9-11-7-10(8-17)1-6-14(11)16/h1-7H,8-9,17H2. The lowest BCUT2D eigenvalue weighted by molar-refractivity contribution is 0.616. The summed E-state index contributed by atoms with van der Waals surface area (Å²) >= 11 is 5.00. The quantitative estimate of drug-likeness (QED) is 0.846. The Hall–Kier alpha value is -0.840. The molecule has 0 aromatic heterocycles. The van der Waals surface area contributed by atoms with Gasteiger partial charge in [0.1, 0.15) is 5.82 Å². The topological polar surface area (TPSA) is 26.0 Å². The first kappa shape index (κ1) is 13.6. The summed E-state index contributed by atoms with van der Waals surface area (Å²) in [5.74, 6) is 0.443. The minimum absolute atomic E-state index is 0.170. The van der Waals surface area contributed by atoms with Crippen molar-refractivity contribution >= 4 is 27.7 Å². The minimum atomic E-state index is -0.170. The van der Waals surface area contributed by atoms with Gasteiger partial charge in [-0.05, 0) is 41.5 Å². The highest BCUT2D eigenvalue weighted by atomic mass is 79.9. The van der Waals surface area contributed by atoms with E-state index in [0.717, 1.165) is 14.9 Å². The number of rotatable bonds is 4. The summed E-state index contributed by atoms with van der Waals surface area (Å²) in [6.45, 7) is 0.441. The second-order valence-electron chi connectivity index (χ2n) is 3.87. The molecule has 2 rings (SSSR count). The van der Waals surface area contributed by atoms with E-state index in [1.807, 2.05) is 30.3 Å². The number of halogens is 2. The van der Waals surface area contributed by atoms with Crippen molar-refractivity contribution in [1.82, 2.24) is 0 Å². The Morgan fingerprint density at radius 3 is 2.50 bits per heavy atom. The van der Waals surface area contributed by atoms with Crippen LogP contribution in [0, 0.1) is 5.82 Å². The monoisotopic (exact) mass is 325 g/mol. The van der Waals surface area contributed by atoms with Gasteiger partial charge in [0.2, 0.25) is 0 Å². The Balaban J connectivity index is 2.07. The first-order valence-electron chi connectivity index (χ1n) is 5.55. The molecule has 2 aromatic carbocycles. The normalized spacial score (nSPS) is 10.6. The molecule has 2 N–H and O–H groups in total. The molecule has 18 heavy (non-hydrogen) atoms. The van der Waals surface area contributed by atoms with Crippen molar-refractivity contribution in [1.29, 1.82) is 0 Å². The van der Waals surface area contributed by atoms with Crippen molar-refractivity contribution in [2.24, 2.45) is 5.73 Å². The van der Waals surface area contributed by atoms with Gasteiger partial charge in [0, 0.05) is 21.7 Å². The fraction of sp³-hybridized carbons (Fsp3) is 0.143. The predicted octanol–water partition coefficient (Wildman–Crippen LogP) is 4.34. The second-order valence-corrected chi connectivity index (χ2v) is 5.84. The van der Waals surface area contributed by atoms with E-state index in [2.05, 4.69) is 15.9 Å². The third-order valence-electron chi connectivity index (χ3n) is 2.55. The molecule has 0 amide bonds. The van der Waals surface area contributed by atoms with Gasteiger partial charge in [-0.1, -0.05) is 28.1 Å². The molecule has 0 saturated carbocycles. The van der Waals surface area contributed by atoms with Gasteiger partial charge in [-0.3, -0.25) is 0 Å². The van der Waals surface area contributed by atoms with Crippen LogP contribution in [-0.4, -0.2) is 0 Å². The van der Waals surface area contributed by atoms with Crippen molar-refractivity contribution in [3.05, 3.63) is 63.9 Å². The number of nitrogens with two attached hydrogens (primary N) is 1. The summed E-state index contributed by atoms with van der Waals surface area (Å²) in [6, 6.07) is 13.0. The first-order chi connectivity index (χ1) is 8.69. The summed E-state index contributed by atoms with van der Waals surface area (Å²) in [7, 11) is 0. The van der Waals surface area contributed by atoms with Gasteiger partial charge < -0.3 is 5.73 Å². The number of hydrogen-bond acceptors (Lipinski definition) is 2. The van der Waals surface area contributed by atoms with Crippen LogP contribution in [0.5, 0.6) is 0 Å². The van der Waals surface area contributed by atoms with Crippen LogP contribution in [0.3, 0.4) is 0 Å².